The van der Waals surface area contributed by atoms with Gasteiger partial charge in [0.05, 0.1) is 18.7 Å². The summed E-state index contributed by atoms with van der Waals surface area (Å²) >= 11 is 5.94. The third-order valence-electron chi connectivity index (χ3n) is 4.34. The van der Waals surface area contributed by atoms with Crippen molar-refractivity contribution >= 4 is 23.6 Å². The van der Waals surface area contributed by atoms with Crippen LogP contribution in [-0.4, -0.2) is 43.6 Å². The average Bonchev–Trinajstić information content (AvgIpc) is 3.07. The Labute approximate surface area is 145 Å². The summed E-state index contributed by atoms with van der Waals surface area (Å²) < 4.78 is 4.96. The maximum absolute atomic E-state index is 12.4. The summed E-state index contributed by atoms with van der Waals surface area (Å²) in [4.78, 5) is 26.7. The highest BCUT2D eigenvalue weighted by molar-refractivity contribution is 6.30. The maximum Gasteiger partial charge on any atom is 0.338 e. The van der Waals surface area contributed by atoms with Gasteiger partial charge < -0.3 is 15.4 Å². The first-order valence-electron chi connectivity index (χ1n) is 7.95. The third-order valence-corrected chi connectivity index (χ3v) is 4.59. The molecular weight excluding hydrogens is 330 g/mol. The third kappa shape index (κ3) is 3.55. The Morgan fingerprint density at radius 2 is 1.96 bits per heavy atom. The minimum Gasteiger partial charge on any atom is -0.466 e. The number of carbonyl (C=O) groups excluding carboxylic acids is 2. The fourth-order valence-electron chi connectivity index (χ4n) is 3.16. The van der Waals surface area contributed by atoms with Crippen molar-refractivity contribution in [3.63, 3.8) is 0 Å². The van der Waals surface area contributed by atoms with Crippen molar-refractivity contribution in [2.24, 2.45) is 0 Å². The van der Waals surface area contributed by atoms with E-state index in [9.17, 15) is 9.59 Å². The van der Waals surface area contributed by atoms with Crippen molar-refractivity contribution < 1.29 is 14.3 Å². The lowest BCUT2D eigenvalue weighted by molar-refractivity contribution is -0.136. The molecule has 1 fully saturated rings. The molecule has 24 heavy (non-hydrogen) atoms. The molecule has 1 aromatic rings. The SMILES string of the molecule is COC(=O)C1=C(CN2CCCC2)NC(=O)NC1c1ccc(Cl)cc1. The van der Waals surface area contributed by atoms with Gasteiger partial charge in [0.2, 0.25) is 0 Å². The number of nitrogens with one attached hydrogen (secondary N) is 2. The van der Waals surface area contributed by atoms with Crippen molar-refractivity contribution in [2.45, 2.75) is 18.9 Å². The predicted molar refractivity (Wildman–Crippen MR) is 90.6 cm³/mol. The number of esters is 1. The number of carbonyl (C=O) groups is 2. The predicted octanol–water partition coefficient (Wildman–Crippen LogP) is 2.22. The number of hydrogen-bond donors (Lipinski definition) is 2. The van der Waals surface area contributed by atoms with E-state index in [2.05, 4.69) is 15.5 Å². The van der Waals surface area contributed by atoms with Gasteiger partial charge in [-0.3, -0.25) is 4.90 Å². The minimum absolute atomic E-state index is 0.322. The number of nitrogens with zero attached hydrogens (tertiary/aromatic N) is 1. The van der Waals surface area contributed by atoms with E-state index in [4.69, 9.17) is 16.3 Å². The van der Waals surface area contributed by atoms with E-state index < -0.39 is 12.0 Å². The zero-order valence-electron chi connectivity index (χ0n) is 13.5. The highest BCUT2D eigenvalue weighted by atomic mass is 35.5. The maximum atomic E-state index is 12.4. The van der Waals surface area contributed by atoms with Crippen LogP contribution in [0.1, 0.15) is 24.4 Å². The summed E-state index contributed by atoms with van der Waals surface area (Å²) in [5, 5.41) is 6.18. The monoisotopic (exact) mass is 349 g/mol. The lowest BCUT2D eigenvalue weighted by Crippen LogP contribution is -2.48. The molecule has 0 bridgehead atoms. The molecule has 0 saturated carbocycles. The number of likely N-dealkylation sites (tertiary alicyclic amines) is 1. The largest absolute Gasteiger partial charge is 0.466 e. The normalized spacial score (nSPS) is 21.4. The van der Waals surface area contributed by atoms with Crippen LogP contribution in [0.2, 0.25) is 5.02 Å². The summed E-state index contributed by atoms with van der Waals surface area (Å²) in [7, 11) is 1.35. The van der Waals surface area contributed by atoms with Gasteiger partial charge in [0, 0.05) is 17.3 Å². The van der Waals surface area contributed by atoms with Crippen molar-refractivity contribution in [1.82, 2.24) is 15.5 Å². The molecule has 2 aliphatic heterocycles. The molecule has 0 spiro atoms. The first kappa shape index (κ1) is 16.8. The number of amides is 2. The topological polar surface area (TPSA) is 70.7 Å². The highest BCUT2D eigenvalue weighted by Crippen LogP contribution is 2.29. The van der Waals surface area contributed by atoms with Gasteiger partial charge in [-0.15, -0.1) is 0 Å². The average molecular weight is 350 g/mol. The standard InChI is InChI=1S/C17H20ClN3O3/c1-24-16(22)14-13(10-21-8-2-3-9-21)19-17(23)20-15(14)11-4-6-12(18)7-5-11/h4-7,15H,2-3,8-10H2,1H3,(H2,19,20,23). The number of benzene rings is 1. The van der Waals surface area contributed by atoms with Gasteiger partial charge >= 0.3 is 12.0 Å². The van der Waals surface area contributed by atoms with E-state index in [0.717, 1.165) is 31.5 Å². The second-order valence-electron chi connectivity index (χ2n) is 5.95. The summed E-state index contributed by atoms with van der Waals surface area (Å²) in [6.45, 7) is 2.46. The highest BCUT2D eigenvalue weighted by Gasteiger charge is 2.34. The van der Waals surface area contributed by atoms with Crippen LogP contribution in [0.3, 0.4) is 0 Å². The van der Waals surface area contributed by atoms with E-state index in [1.54, 1.807) is 24.3 Å². The number of urea groups is 1. The number of halogens is 1. The summed E-state index contributed by atoms with van der Waals surface area (Å²) in [6.07, 6.45) is 2.27. The van der Waals surface area contributed by atoms with Crippen LogP contribution in [-0.2, 0) is 9.53 Å². The van der Waals surface area contributed by atoms with Crippen LogP contribution >= 0.6 is 11.6 Å². The van der Waals surface area contributed by atoms with Gasteiger partial charge in [-0.2, -0.15) is 0 Å². The summed E-state index contributed by atoms with van der Waals surface area (Å²) in [6, 6.07) is 6.20. The minimum atomic E-state index is -0.555. The second kappa shape index (κ2) is 7.23. The molecule has 2 amide bonds. The van der Waals surface area contributed by atoms with Crippen LogP contribution < -0.4 is 10.6 Å². The molecular formula is C17H20ClN3O3. The summed E-state index contributed by atoms with van der Waals surface area (Å²) in [5.74, 6) is -0.448. The quantitative estimate of drug-likeness (QED) is 0.818. The zero-order chi connectivity index (χ0) is 17.1. The Morgan fingerprint density at radius 3 is 2.58 bits per heavy atom. The number of hydrogen-bond acceptors (Lipinski definition) is 4. The van der Waals surface area contributed by atoms with Crippen LogP contribution in [0, 0.1) is 0 Å². The molecule has 1 atom stereocenters. The van der Waals surface area contributed by atoms with Crippen LogP contribution in [0.4, 0.5) is 4.79 Å². The van der Waals surface area contributed by atoms with E-state index in [1.807, 2.05) is 0 Å². The van der Waals surface area contributed by atoms with Crippen molar-refractivity contribution in [2.75, 3.05) is 26.7 Å². The molecule has 2 aliphatic rings. The lowest BCUT2D eigenvalue weighted by Gasteiger charge is -2.30. The molecule has 6 nitrogen and oxygen atoms in total. The Balaban J connectivity index is 1.99. The van der Waals surface area contributed by atoms with Crippen molar-refractivity contribution in [1.29, 1.82) is 0 Å². The van der Waals surface area contributed by atoms with E-state index >= 15 is 0 Å². The molecule has 0 aliphatic carbocycles. The molecule has 7 heteroatoms. The van der Waals surface area contributed by atoms with Gasteiger partial charge in [-0.05, 0) is 43.6 Å². The second-order valence-corrected chi connectivity index (χ2v) is 6.39. The van der Waals surface area contributed by atoms with Crippen LogP contribution in [0.25, 0.3) is 0 Å². The Kier molecular flexibility index (Phi) is 5.06. The number of rotatable bonds is 4. The Bertz CT molecular complexity index is 666. The van der Waals surface area contributed by atoms with E-state index in [-0.39, 0.29) is 6.03 Å². The van der Waals surface area contributed by atoms with Crippen molar-refractivity contribution in [3.05, 3.63) is 46.1 Å². The number of ether oxygens (including phenoxy) is 1. The van der Waals surface area contributed by atoms with Gasteiger partial charge in [0.25, 0.3) is 0 Å². The molecule has 2 heterocycles. The van der Waals surface area contributed by atoms with Crippen LogP contribution in [0.15, 0.2) is 35.5 Å². The molecule has 1 saturated heterocycles. The Morgan fingerprint density at radius 1 is 1.29 bits per heavy atom. The zero-order valence-corrected chi connectivity index (χ0v) is 14.2. The first-order valence-corrected chi connectivity index (χ1v) is 8.33. The summed E-state index contributed by atoms with van der Waals surface area (Å²) in [5.41, 5.74) is 1.83. The Hall–Kier alpha value is -2.05. The first-order chi connectivity index (χ1) is 11.6. The molecule has 3 rings (SSSR count). The smallest absolute Gasteiger partial charge is 0.338 e. The fraction of sp³-hybridized carbons (Fsp3) is 0.412. The van der Waals surface area contributed by atoms with Gasteiger partial charge in [0.15, 0.2) is 0 Å². The molecule has 2 N–H and O–H groups in total. The van der Waals surface area contributed by atoms with Crippen LogP contribution in [0.5, 0.6) is 0 Å². The molecule has 1 aromatic carbocycles. The molecule has 0 radical (unpaired) electrons. The van der Waals surface area contributed by atoms with Crippen molar-refractivity contribution in [3.8, 4) is 0 Å². The lowest BCUT2D eigenvalue weighted by atomic mass is 9.95. The number of methoxy groups -OCH3 is 1. The molecule has 128 valence electrons. The van der Waals surface area contributed by atoms with Gasteiger partial charge in [0.1, 0.15) is 0 Å². The van der Waals surface area contributed by atoms with Gasteiger partial charge in [-0.1, -0.05) is 23.7 Å². The van der Waals surface area contributed by atoms with Gasteiger partial charge in [-0.25, -0.2) is 9.59 Å². The fourth-order valence-corrected chi connectivity index (χ4v) is 3.29. The molecule has 0 aromatic heterocycles. The molecule has 1 unspecified atom stereocenters. The van der Waals surface area contributed by atoms with E-state index in [1.165, 1.54) is 7.11 Å². The van der Waals surface area contributed by atoms with E-state index in [0.29, 0.717) is 22.8 Å².